The minimum absolute atomic E-state index is 0.00503. The summed E-state index contributed by atoms with van der Waals surface area (Å²) in [6.45, 7) is 1.74. The number of esters is 1. The minimum Gasteiger partial charge on any atom is -0.441 e. The van der Waals surface area contributed by atoms with E-state index in [1.165, 1.54) is 0 Å². The third-order valence-electron chi connectivity index (χ3n) is 3.42. The molecule has 122 valence electrons. The highest BCUT2D eigenvalue weighted by Crippen LogP contribution is 2.22. The lowest BCUT2D eigenvalue weighted by Gasteiger charge is -2.04. The van der Waals surface area contributed by atoms with Gasteiger partial charge in [0.15, 0.2) is 17.3 Å². The standard InChI is InChI=1S/C18H14ClNO4/c1-11-20-15-7-6-14(10-17(15)23-11)24-18(22)9-8-16(21)12-2-4-13(19)5-3-12/h2-7,10H,8-9H2,1H3. The summed E-state index contributed by atoms with van der Waals surface area (Å²) < 4.78 is 10.6. The first-order valence-corrected chi connectivity index (χ1v) is 7.76. The molecule has 0 N–H and O–H groups in total. The van der Waals surface area contributed by atoms with Crippen LogP contribution >= 0.6 is 11.6 Å². The van der Waals surface area contributed by atoms with Crippen LogP contribution < -0.4 is 4.74 Å². The number of Topliss-reactive ketones (excluding diaryl/α,β-unsaturated/α-hetero) is 1. The molecule has 0 unspecified atom stereocenters. The Kier molecular flexibility index (Phi) is 4.62. The summed E-state index contributed by atoms with van der Waals surface area (Å²) in [7, 11) is 0. The summed E-state index contributed by atoms with van der Waals surface area (Å²) >= 11 is 5.78. The van der Waals surface area contributed by atoms with E-state index in [-0.39, 0.29) is 18.6 Å². The monoisotopic (exact) mass is 343 g/mol. The average Bonchev–Trinajstić information content (AvgIpc) is 2.92. The molecule has 0 spiro atoms. The molecule has 0 saturated carbocycles. The van der Waals surface area contributed by atoms with Gasteiger partial charge in [0.2, 0.25) is 0 Å². The number of fused-ring (bicyclic) bond motifs is 1. The zero-order chi connectivity index (χ0) is 17.1. The molecule has 0 radical (unpaired) electrons. The van der Waals surface area contributed by atoms with E-state index in [9.17, 15) is 9.59 Å². The van der Waals surface area contributed by atoms with E-state index >= 15 is 0 Å². The molecule has 24 heavy (non-hydrogen) atoms. The van der Waals surface area contributed by atoms with E-state index in [1.54, 1.807) is 49.4 Å². The number of carbonyl (C=O) groups is 2. The van der Waals surface area contributed by atoms with Gasteiger partial charge >= 0.3 is 5.97 Å². The zero-order valence-electron chi connectivity index (χ0n) is 12.9. The van der Waals surface area contributed by atoms with Crippen molar-refractivity contribution in [2.75, 3.05) is 0 Å². The van der Waals surface area contributed by atoms with Crippen LogP contribution in [0.5, 0.6) is 5.75 Å². The molecule has 0 saturated heterocycles. The molecular weight excluding hydrogens is 330 g/mol. The molecule has 0 aliphatic carbocycles. The molecule has 3 rings (SSSR count). The molecule has 0 aliphatic rings. The van der Waals surface area contributed by atoms with Crippen LogP contribution in [0.25, 0.3) is 11.1 Å². The molecule has 1 aromatic heterocycles. The molecule has 5 nitrogen and oxygen atoms in total. The Balaban J connectivity index is 1.58. The number of rotatable bonds is 5. The van der Waals surface area contributed by atoms with Crippen molar-refractivity contribution in [2.45, 2.75) is 19.8 Å². The van der Waals surface area contributed by atoms with Crippen molar-refractivity contribution < 1.29 is 18.7 Å². The number of hydrogen-bond donors (Lipinski definition) is 0. The largest absolute Gasteiger partial charge is 0.441 e. The second-order valence-electron chi connectivity index (χ2n) is 5.27. The maximum absolute atomic E-state index is 12.0. The predicted octanol–water partition coefficient (Wildman–Crippen LogP) is 4.36. The lowest BCUT2D eigenvalue weighted by atomic mass is 10.1. The highest BCUT2D eigenvalue weighted by Gasteiger charge is 2.12. The highest BCUT2D eigenvalue weighted by molar-refractivity contribution is 6.30. The number of nitrogens with zero attached hydrogens (tertiary/aromatic N) is 1. The Morgan fingerprint density at radius 1 is 1.12 bits per heavy atom. The van der Waals surface area contributed by atoms with Gasteiger partial charge in [-0.05, 0) is 36.4 Å². The van der Waals surface area contributed by atoms with E-state index in [0.29, 0.717) is 33.3 Å². The topological polar surface area (TPSA) is 69.4 Å². The van der Waals surface area contributed by atoms with Crippen LogP contribution in [0.3, 0.4) is 0 Å². The smallest absolute Gasteiger partial charge is 0.311 e. The summed E-state index contributed by atoms with van der Waals surface area (Å²) in [6.07, 6.45) is 0.0685. The summed E-state index contributed by atoms with van der Waals surface area (Å²) in [5.74, 6) is 0.294. The number of aromatic nitrogens is 1. The number of aryl methyl sites for hydroxylation is 1. The second kappa shape index (κ2) is 6.84. The van der Waals surface area contributed by atoms with Crippen molar-refractivity contribution in [1.29, 1.82) is 0 Å². The Morgan fingerprint density at radius 2 is 1.88 bits per heavy atom. The molecule has 0 fully saturated rings. The van der Waals surface area contributed by atoms with E-state index in [0.717, 1.165) is 0 Å². The molecule has 0 amide bonds. The van der Waals surface area contributed by atoms with Crippen LogP contribution in [0.1, 0.15) is 29.1 Å². The molecule has 1 heterocycles. The number of oxazole rings is 1. The van der Waals surface area contributed by atoms with Crippen molar-refractivity contribution in [3.8, 4) is 5.75 Å². The maximum Gasteiger partial charge on any atom is 0.311 e. The van der Waals surface area contributed by atoms with Crippen molar-refractivity contribution in [2.24, 2.45) is 0 Å². The average molecular weight is 344 g/mol. The van der Waals surface area contributed by atoms with Gasteiger partial charge in [0.05, 0.1) is 6.42 Å². The Morgan fingerprint density at radius 3 is 2.62 bits per heavy atom. The number of benzene rings is 2. The van der Waals surface area contributed by atoms with Crippen molar-refractivity contribution >= 4 is 34.5 Å². The van der Waals surface area contributed by atoms with Crippen molar-refractivity contribution in [3.05, 3.63) is 58.9 Å². The van der Waals surface area contributed by atoms with Gasteiger partial charge < -0.3 is 9.15 Å². The molecule has 2 aromatic carbocycles. The molecule has 3 aromatic rings. The SMILES string of the molecule is Cc1nc2ccc(OC(=O)CCC(=O)c3ccc(Cl)cc3)cc2o1. The second-order valence-corrected chi connectivity index (χ2v) is 5.70. The van der Waals surface area contributed by atoms with E-state index in [1.807, 2.05) is 0 Å². The number of ketones is 1. The van der Waals surface area contributed by atoms with Gasteiger partial charge in [-0.3, -0.25) is 9.59 Å². The highest BCUT2D eigenvalue weighted by atomic mass is 35.5. The first-order valence-electron chi connectivity index (χ1n) is 7.38. The van der Waals surface area contributed by atoms with Crippen LogP contribution in [0.4, 0.5) is 0 Å². The zero-order valence-corrected chi connectivity index (χ0v) is 13.7. The van der Waals surface area contributed by atoms with Crippen molar-refractivity contribution in [1.82, 2.24) is 4.98 Å². The van der Waals surface area contributed by atoms with Crippen LogP contribution in [0.15, 0.2) is 46.9 Å². The van der Waals surface area contributed by atoms with Gasteiger partial charge in [0.25, 0.3) is 0 Å². The van der Waals surface area contributed by atoms with Crippen LogP contribution in [0, 0.1) is 6.92 Å². The molecule has 0 bridgehead atoms. The maximum atomic E-state index is 12.0. The van der Waals surface area contributed by atoms with Gasteiger partial charge in [-0.1, -0.05) is 11.6 Å². The van der Waals surface area contributed by atoms with E-state index < -0.39 is 5.97 Å². The van der Waals surface area contributed by atoms with E-state index in [4.69, 9.17) is 20.8 Å². The van der Waals surface area contributed by atoms with Gasteiger partial charge in [0.1, 0.15) is 11.3 Å². The summed E-state index contributed by atoms with van der Waals surface area (Å²) in [6, 6.07) is 11.5. The van der Waals surface area contributed by atoms with Crippen molar-refractivity contribution in [3.63, 3.8) is 0 Å². The summed E-state index contributed by atoms with van der Waals surface area (Å²) in [5, 5.41) is 0.559. The number of halogens is 1. The molecular formula is C18H14ClNO4. The summed E-state index contributed by atoms with van der Waals surface area (Å²) in [4.78, 5) is 28.1. The Bertz CT molecular complexity index is 899. The first-order chi connectivity index (χ1) is 11.5. The lowest BCUT2D eigenvalue weighted by Crippen LogP contribution is -2.10. The first kappa shape index (κ1) is 16.2. The van der Waals surface area contributed by atoms with Gasteiger partial charge in [-0.25, -0.2) is 4.98 Å². The predicted molar refractivity (Wildman–Crippen MR) is 89.4 cm³/mol. The normalized spacial score (nSPS) is 10.8. The van der Waals surface area contributed by atoms with Crippen LogP contribution in [-0.4, -0.2) is 16.7 Å². The molecule has 0 aliphatic heterocycles. The summed E-state index contributed by atoms with van der Waals surface area (Å²) in [5.41, 5.74) is 1.77. The van der Waals surface area contributed by atoms with Crippen LogP contribution in [0.2, 0.25) is 5.02 Å². The molecule has 0 atom stereocenters. The Labute approximate surface area is 143 Å². The number of hydrogen-bond acceptors (Lipinski definition) is 5. The van der Waals surface area contributed by atoms with Gasteiger partial charge in [-0.2, -0.15) is 0 Å². The third kappa shape index (κ3) is 3.81. The molecule has 6 heteroatoms. The van der Waals surface area contributed by atoms with Crippen LogP contribution in [-0.2, 0) is 4.79 Å². The van der Waals surface area contributed by atoms with E-state index in [2.05, 4.69) is 4.98 Å². The minimum atomic E-state index is -0.479. The quantitative estimate of drug-likeness (QED) is 0.391. The van der Waals surface area contributed by atoms with Gasteiger partial charge in [-0.15, -0.1) is 0 Å². The number of carbonyl (C=O) groups excluding carboxylic acids is 2. The Hall–Kier alpha value is -2.66. The fraction of sp³-hybridized carbons (Fsp3) is 0.167. The fourth-order valence-electron chi connectivity index (χ4n) is 2.26. The fourth-order valence-corrected chi connectivity index (χ4v) is 2.39. The third-order valence-corrected chi connectivity index (χ3v) is 3.67. The number of ether oxygens (including phenoxy) is 1. The van der Waals surface area contributed by atoms with Gasteiger partial charge in [0, 0.05) is 30.0 Å². The lowest BCUT2D eigenvalue weighted by molar-refractivity contribution is -0.134.